The van der Waals surface area contributed by atoms with Gasteiger partial charge < -0.3 is 10.1 Å². The molecule has 0 spiro atoms. The van der Waals surface area contributed by atoms with Crippen LogP contribution in [-0.2, 0) is 10.0 Å². The van der Waals surface area contributed by atoms with E-state index in [0.717, 1.165) is 5.56 Å². The standard InChI is InChI=1S/C22H22N2O4S/c1-16-10-12-19(13-11-16)24(2)29(26,27)21-9-4-6-17(14-21)22(25)23-18-7-5-8-20(15-18)28-3/h4-15H,1-3H3,(H,23,25). The van der Waals surface area contributed by atoms with E-state index in [1.54, 1.807) is 55.6 Å². The predicted octanol–water partition coefficient (Wildman–Crippen LogP) is 4.08. The van der Waals surface area contributed by atoms with E-state index in [0.29, 0.717) is 17.1 Å². The van der Waals surface area contributed by atoms with Crippen LogP contribution in [0.4, 0.5) is 11.4 Å². The number of nitrogens with zero attached hydrogens (tertiary/aromatic N) is 1. The SMILES string of the molecule is COc1cccc(NC(=O)c2cccc(S(=O)(=O)N(C)c3ccc(C)cc3)c2)c1. The molecule has 0 radical (unpaired) electrons. The summed E-state index contributed by atoms with van der Waals surface area (Å²) < 4.78 is 32.4. The van der Waals surface area contributed by atoms with Crippen molar-refractivity contribution in [3.05, 3.63) is 83.9 Å². The van der Waals surface area contributed by atoms with Crippen molar-refractivity contribution in [3.63, 3.8) is 0 Å². The zero-order valence-electron chi connectivity index (χ0n) is 16.4. The normalized spacial score (nSPS) is 11.0. The molecule has 0 saturated carbocycles. The van der Waals surface area contributed by atoms with Gasteiger partial charge in [-0.15, -0.1) is 0 Å². The molecule has 0 atom stereocenters. The quantitative estimate of drug-likeness (QED) is 0.664. The number of benzene rings is 3. The Morgan fingerprint density at radius 2 is 1.66 bits per heavy atom. The molecule has 29 heavy (non-hydrogen) atoms. The lowest BCUT2D eigenvalue weighted by molar-refractivity contribution is 0.102. The van der Waals surface area contributed by atoms with E-state index in [2.05, 4.69) is 5.32 Å². The number of hydrogen-bond donors (Lipinski definition) is 1. The average Bonchev–Trinajstić information content (AvgIpc) is 2.74. The number of aryl methyl sites for hydroxylation is 1. The maximum atomic E-state index is 13.0. The largest absolute Gasteiger partial charge is 0.497 e. The number of sulfonamides is 1. The lowest BCUT2D eigenvalue weighted by Crippen LogP contribution is -2.26. The summed E-state index contributed by atoms with van der Waals surface area (Å²) in [6.45, 7) is 1.93. The molecule has 1 amide bonds. The molecule has 3 aromatic rings. The van der Waals surface area contributed by atoms with Gasteiger partial charge in [0.25, 0.3) is 15.9 Å². The molecule has 0 saturated heterocycles. The van der Waals surface area contributed by atoms with Crippen LogP contribution in [-0.4, -0.2) is 28.5 Å². The monoisotopic (exact) mass is 410 g/mol. The van der Waals surface area contributed by atoms with Crippen LogP contribution in [0.1, 0.15) is 15.9 Å². The van der Waals surface area contributed by atoms with Crippen molar-refractivity contribution in [2.24, 2.45) is 0 Å². The Hall–Kier alpha value is -3.32. The molecule has 0 aliphatic rings. The average molecular weight is 410 g/mol. The molecule has 3 rings (SSSR count). The van der Waals surface area contributed by atoms with Gasteiger partial charge >= 0.3 is 0 Å². The van der Waals surface area contributed by atoms with E-state index in [-0.39, 0.29) is 10.5 Å². The highest BCUT2D eigenvalue weighted by Crippen LogP contribution is 2.24. The summed E-state index contributed by atoms with van der Waals surface area (Å²) in [6, 6.07) is 20.1. The molecule has 7 heteroatoms. The fourth-order valence-corrected chi connectivity index (χ4v) is 4.00. The Labute approximate surface area is 170 Å². The fraction of sp³-hybridized carbons (Fsp3) is 0.136. The van der Waals surface area contributed by atoms with Crippen LogP contribution in [0.25, 0.3) is 0 Å². The Bertz CT molecular complexity index is 1130. The highest BCUT2D eigenvalue weighted by atomic mass is 32.2. The molecule has 6 nitrogen and oxygen atoms in total. The summed E-state index contributed by atoms with van der Waals surface area (Å²) in [5.74, 6) is 0.201. The zero-order chi connectivity index (χ0) is 21.0. The highest BCUT2D eigenvalue weighted by molar-refractivity contribution is 7.92. The van der Waals surface area contributed by atoms with Crippen molar-refractivity contribution in [1.82, 2.24) is 0 Å². The third-order valence-corrected chi connectivity index (χ3v) is 6.26. The first-order valence-corrected chi connectivity index (χ1v) is 10.4. The van der Waals surface area contributed by atoms with Crippen LogP contribution in [0.2, 0.25) is 0 Å². The Morgan fingerprint density at radius 1 is 0.966 bits per heavy atom. The second kappa shape index (κ2) is 8.36. The molecule has 1 N–H and O–H groups in total. The fourth-order valence-electron chi connectivity index (χ4n) is 2.75. The molecule has 0 bridgehead atoms. The van der Waals surface area contributed by atoms with Gasteiger partial charge in [-0.1, -0.05) is 29.8 Å². The summed E-state index contributed by atoms with van der Waals surface area (Å²) in [6.07, 6.45) is 0. The molecule has 0 heterocycles. The van der Waals surface area contributed by atoms with E-state index in [1.165, 1.54) is 23.5 Å². The minimum atomic E-state index is -3.81. The van der Waals surface area contributed by atoms with Gasteiger partial charge in [0.05, 0.1) is 17.7 Å². The second-order valence-corrected chi connectivity index (χ2v) is 8.49. The molecule has 0 fully saturated rings. The zero-order valence-corrected chi connectivity index (χ0v) is 17.2. The number of hydrogen-bond acceptors (Lipinski definition) is 4. The number of carbonyl (C=O) groups is 1. The smallest absolute Gasteiger partial charge is 0.264 e. The van der Waals surface area contributed by atoms with Gasteiger partial charge in [-0.25, -0.2) is 8.42 Å². The third-order valence-electron chi connectivity index (χ3n) is 4.48. The van der Waals surface area contributed by atoms with Crippen molar-refractivity contribution in [1.29, 1.82) is 0 Å². The lowest BCUT2D eigenvalue weighted by atomic mass is 10.2. The Kier molecular flexibility index (Phi) is 5.89. The summed E-state index contributed by atoms with van der Waals surface area (Å²) in [5, 5.41) is 2.75. The van der Waals surface area contributed by atoms with E-state index in [9.17, 15) is 13.2 Å². The number of methoxy groups -OCH3 is 1. The Morgan fingerprint density at radius 3 is 2.34 bits per heavy atom. The van der Waals surface area contributed by atoms with Crippen LogP contribution >= 0.6 is 0 Å². The van der Waals surface area contributed by atoms with E-state index >= 15 is 0 Å². The minimum absolute atomic E-state index is 0.0406. The Balaban J connectivity index is 1.85. The van der Waals surface area contributed by atoms with Gasteiger partial charge in [-0.2, -0.15) is 0 Å². The summed E-state index contributed by atoms with van der Waals surface area (Å²) in [7, 11) is -0.781. The van der Waals surface area contributed by atoms with Crippen LogP contribution in [0.15, 0.2) is 77.7 Å². The van der Waals surface area contributed by atoms with Crippen molar-refractivity contribution in [3.8, 4) is 5.75 Å². The number of carbonyl (C=O) groups excluding carboxylic acids is 1. The van der Waals surface area contributed by atoms with Gasteiger partial charge in [0.1, 0.15) is 5.75 Å². The van der Waals surface area contributed by atoms with Gasteiger partial charge in [0.2, 0.25) is 0 Å². The van der Waals surface area contributed by atoms with Gasteiger partial charge in [0.15, 0.2) is 0 Å². The number of amides is 1. The maximum absolute atomic E-state index is 13.0. The lowest BCUT2D eigenvalue weighted by Gasteiger charge is -2.20. The molecule has 0 aromatic heterocycles. The van der Waals surface area contributed by atoms with Crippen molar-refractivity contribution in [2.45, 2.75) is 11.8 Å². The highest BCUT2D eigenvalue weighted by Gasteiger charge is 2.22. The van der Waals surface area contributed by atoms with Crippen LogP contribution in [0.3, 0.4) is 0 Å². The van der Waals surface area contributed by atoms with E-state index < -0.39 is 15.9 Å². The first kappa shape index (κ1) is 20.4. The van der Waals surface area contributed by atoms with Crippen molar-refractivity contribution < 1.29 is 17.9 Å². The second-order valence-electron chi connectivity index (χ2n) is 6.52. The van der Waals surface area contributed by atoms with E-state index in [4.69, 9.17) is 4.74 Å². The minimum Gasteiger partial charge on any atom is -0.497 e. The van der Waals surface area contributed by atoms with Gasteiger partial charge in [-0.3, -0.25) is 9.10 Å². The molecular weight excluding hydrogens is 388 g/mol. The first-order chi connectivity index (χ1) is 13.8. The molecule has 0 aliphatic carbocycles. The van der Waals surface area contributed by atoms with Gasteiger partial charge in [-0.05, 0) is 49.4 Å². The molecule has 0 unspecified atom stereocenters. The van der Waals surface area contributed by atoms with Crippen LogP contribution < -0.4 is 14.4 Å². The summed E-state index contributed by atoms with van der Waals surface area (Å²) in [4.78, 5) is 12.7. The number of nitrogens with one attached hydrogen (secondary N) is 1. The van der Waals surface area contributed by atoms with Crippen molar-refractivity contribution in [2.75, 3.05) is 23.8 Å². The number of ether oxygens (including phenoxy) is 1. The number of anilines is 2. The first-order valence-electron chi connectivity index (χ1n) is 8.92. The van der Waals surface area contributed by atoms with Crippen LogP contribution in [0, 0.1) is 6.92 Å². The van der Waals surface area contributed by atoms with Gasteiger partial charge in [0, 0.05) is 24.4 Å². The molecule has 150 valence electrons. The molecular formula is C22H22N2O4S. The molecule has 0 aliphatic heterocycles. The summed E-state index contributed by atoms with van der Waals surface area (Å²) >= 11 is 0. The topological polar surface area (TPSA) is 75.7 Å². The molecule has 3 aromatic carbocycles. The summed E-state index contributed by atoms with van der Waals surface area (Å²) in [5.41, 5.74) is 2.38. The number of rotatable bonds is 6. The van der Waals surface area contributed by atoms with Crippen LogP contribution in [0.5, 0.6) is 5.75 Å². The third kappa shape index (κ3) is 4.57. The maximum Gasteiger partial charge on any atom is 0.264 e. The van der Waals surface area contributed by atoms with E-state index in [1.807, 2.05) is 19.1 Å². The van der Waals surface area contributed by atoms with Crippen molar-refractivity contribution >= 4 is 27.3 Å². The predicted molar refractivity (Wildman–Crippen MR) is 114 cm³/mol.